The summed E-state index contributed by atoms with van der Waals surface area (Å²) in [5, 5.41) is 9.53. The molecule has 256 valence electrons. The van der Waals surface area contributed by atoms with Crippen LogP contribution in [0.15, 0.2) is 180 Å². The Balaban J connectivity index is 1.08. The topological polar surface area (TPSA) is 62.5 Å². The summed E-state index contributed by atoms with van der Waals surface area (Å²) in [5.74, 6) is 1.89. The standard InChI is InChI=1S/C49H34N4S/c1-49(2)42-24-23-39(30-45(42)54-44-25-22-32(31-50)26-43(44)49)37-18-9-17-36(27-37)38-19-11-21-41(29-38)48-52-46(34-14-7-4-8-15-34)51-47(53-48)40-20-10-16-35(28-40)33-12-5-3-6-13-33/h3-30H,1-2H3. The number of benzene rings is 7. The molecular formula is C49H34N4S. The van der Waals surface area contributed by atoms with Crippen molar-refractivity contribution in [1.82, 2.24) is 15.0 Å². The molecule has 8 aromatic rings. The van der Waals surface area contributed by atoms with Gasteiger partial charge in [0.05, 0.1) is 11.6 Å². The van der Waals surface area contributed by atoms with Gasteiger partial charge in [-0.2, -0.15) is 5.26 Å². The van der Waals surface area contributed by atoms with E-state index in [1.807, 2.05) is 48.5 Å². The van der Waals surface area contributed by atoms with Crippen molar-refractivity contribution in [3.63, 3.8) is 0 Å². The molecule has 0 radical (unpaired) electrons. The average Bonchev–Trinajstić information content (AvgIpc) is 3.24. The van der Waals surface area contributed by atoms with Crippen LogP contribution in [0.1, 0.15) is 30.5 Å². The molecule has 7 aromatic carbocycles. The van der Waals surface area contributed by atoms with Crippen LogP contribution in [-0.2, 0) is 5.41 Å². The minimum atomic E-state index is -0.205. The highest BCUT2D eigenvalue weighted by atomic mass is 32.2. The molecule has 1 aliphatic rings. The summed E-state index contributed by atoms with van der Waals surface area (Å²) < 4.78 is 0. The molecule has 9 rings (SSSR count). The summed E-state index contributed by atoms with van der Waals surface area (Å²) >= 11 is 1.78. The molecule has 1 aromatic heterocycles. The zero-order chi connectivity index (χ0) is 36.6. The van der Waals surface area contributed by atoms with E-state index in [9.17, 15) is 5.26 Å². The third kappa shape index (κ3) is 6.27. The van der Waals surface area contributed by atoms with Crippen molar-refractivity contribution in [3.8, 4) is 73.6 Å². The second kappa shape index (κ2) is 13.7. The molecule has 0 N–H and O–H groups in total. The van der Waals surface area contributed by atoms with Gasteiger partial charge in [0, 0.05) is 31.9 Å². The molecule has 5 heteroatoms. The lowest BCUT2D eigenvalue weighted by atomic mass is 9.77. The normalized spacial score (nSPS) is 12.7. The molecule has 2 heterocycles. The number of nitrogens with zero attached hydrogens (tertiary/aromatic N) is 4. The third-order valence-electron chi connectivity index (χ3n) is 10.2. The Morgan fingerprint density at radius 3 is 1.44 bits per heavy atom. The number of aromatic nitrogens is 3. The average molecular weight is 711 g/mol. The predicted molar refractivity (Wildman–Crippen MR) is 220 cm³/mol. The summed E-state index contributed by atoms with van der Waals surface area (Å²) in [6, 6.07) is 61.2. The van der Waals surface area contributed by atoms with Gasteiger partial charge in [0.1, 0.15) is 0 Å². The van der Waals surface area contributed by atoms with Crippen molar-refractivity contribution in [1.29, 1.82) is 5.26 Å². The van der Waals surface area contributed by atoms with Gasteiger partial charge in [0.25, 0.3) is 0 Å². The second-order valence-electron chi connectivity index (χ2n) is 14.0. The van der Waals surface area contributed by atoms with E-state index < -0.39 is 0 Å². The zero-order valence-electron chi connectivity index (χ0n) is 29.9. The maximum atomic E-state index is 9.53. The summed E-state index contributed by atoms with van der Waals surface area (Å²) in [7, 11) is 0. The van der Waals surface area contributed by atoms with Gasteiger partial charge < -0.3 is 0 Å². The van der Waals surface area contributed by atoms with Crippen LogP contribution >= 0.6 is 11.8 Å². The summed E-state index contributed by atoms with van der Waals surface area (Å²) in [6.07, 6.45) is 0. The van der Waals surface area contributed by atoms with Crippen LogP contribution in [0.4, 0.5) is 0 Å². The maximum Gasteiger partial charge on any atom is 0.164 e. The molecule has 0 saturated carbocycles. The number of rotatable bonds is 6. The molecule has 0 saturated heterocycles. The molecule has 0 atom stereocenters. The Hall–Kier alpha value is -6.61. The number of hydrogen-bond acceptors (Lipinski definition) is 5. The van der Waals surface area contributed by atoms with Gasteiger partial charge >= 0.3 is 0 Å². The van der Waals surface area contributed by atoms with E-state index in [0.717, 1.165) is 44.5 Å². The lowest BCUT2D eigenvalue weighted by Crippen LogP contribution is -2.23. The van der Waals surface area contributed by atoms with E-state index >= 15 is 0 Å². The van der Waals surface area contributed by atoms with Crippen LogP contribution in [0.3, 0.4) is 0 Å². The number of hydrogen-bond donors (Lipinski definition) is 0. The first-order valence-electron chi connectivity index (χ1n) is 18.0. The Labute approximate surface area is 319 Å². The molecule has 0 amide bonds. The maximum absolute atomic E-state index is 9.53. The van der Waals surface area contributed by atoms with Crippen molar-refractivity contribution in [2.24, 2.45) is 0 Å². The molecule has 0 spiro atoms. The molecule has 0 unspecified atom stereocenters. The number of fused-ring (bicyclic) bond motifs is 2. The first kappa shape index (κ1) is 33.2. The molecule has 1 aliphatic heterocycles. The van der Waals surface area contributed by atoms with Gasteiger partial charge in [-0.1, -0.05) is 153 Å². The van der Waals surface area contributed by atoms with Crippen molar-refractivity contribution in [2.75, 3.05) is 0 Å². The molecular weight excluding hydrogens is 677 g/mol. The highest BCUT2D eigenvalue weighted by Crippen LogP contribution is 2.50. The SMILES string of the molecule is CC1(C)c2ccc(-c3cccc(-c4cccc(-c5nc(-c6ccccc6)nc(-c6cccc(-c7ccccc7)c6)n5)c4)c3)cc2Sc2ccc(C#N)cc21. The van der Waals surface area contributed by atoms with Crippen LogP contribution in [-0.4, -0.2) is 15.0 Å². The van der Waals surface area contributed by atoms with E-state index in [4.69, 9.17) is 15.0 Å². The first-order valence-corrected chi connectivity index (χ1v) is 18.8. The van der Waals surface area contributed by atoms with Gasteiger partial charge in [0.2, 0.25) is 0 Å². The van der Waals surface area contributed by atoms with Crippen molar-refractivity contribution >= 4 is 11.8 Å². The van der Waals surface area contributed by atoms with Crippen molar-refractivity contribution in [3.05, 3.63) is 187 Å². The monoisotopic (exact) mass is 710 g/mol. The highest BCUT2D eigenvalue weighted by molar-refractivity contribution is 7.99. The Morgan fingerprint density at radius 2 is 0.870 bits per heavy atom. The van der Waals surface area contributed by atoms with Gasteiger partial charge in [-0.25, -0.2) is 15.0 Å². The molecule has 54 heavy (non-hydrogen) atoms. The van der Waals surface area contributed by atoms with E-state index in [0.29, 0.717) is 23.0 Å². The Morgan fingerprint density at radius 1 is 0.407 bits per heavy atom. The van der Waals surface area contributed by atoms with Gasteiger partial charge in [-0.15, -0.1) is 0 Å². The largest absolute Gasteiger partial charge is 0.208 e. The zero-order valence-corrected chi connectivity index (χ0v) is 30.7. The Bertz CT molecular complexity index is 2730. The van der Waals surface area contributed by atoms with E-state index in [2.05, 4.69) is 141 Å². The third-order valence-corrected chi connectivity index (χ3v) is 11.3. The van der Waals surface area contributed by atoms with Crippen LogP contribution < -0.4 is 0 Å². The molecule has 0 bridgehead atoms. The fraction of sp³-hybridized carbons (Fsp3) is 0.0612. The van der Waals surface area contributed by atoms with E-state index in [1.54, 1.807) is 11.8 Å². The van der Waals surface area contributed by atoms with Crippen LogP contribution in [0.5, 0.6) is 0 Å². The highest BCUT2D eigenvalue weighted by Gasteiger charge is 2.33. The lowest BCUT2D eigenvalue weighted by Gasteiger charge is -2.35. The van der Waals surface area contributed by atoms with Crippen molar-refractivity contribution in [2.45, 2.75) is 29.1 Å². The molecule has 0 fully saturated rings. The second-order valence-corrected chi connectivity index (χ2v) is 15.1. The lowest BCUT2D eigenvalue weighted by molar-refractivity contribution is 0.607. The number of nitriles is 1. The minimum absolute atomic E-state index is 0.205. The van der Waals surface area contributed by atoms with Crippen LogP contribution in [0, 0.1) is 11.3 Å². The van der Waals surface area contributed by atoms with Crippen LogP contribution in [0.25, 0.3) is 67.5 Å². The minimum Gasteiger partial charge on any atom is -0.208 e. The molecule has 0 aliphatic carbocycles. The first-order chi connectivity index (χ1) is 26.4. The quantitative estimate of drug-likeness (QED) is 0.172. The smallest absolute Gasteiger partial charge is 0.164 e. The Kier molecular flexibility index (Phi) is 8.46. The fourth-order valence-electron chi connectivity index (χ4n) is 7.28. The molecule has 4 nitrogen and oxygen atoms in total. The summed E-state index contributed by atoms with van der Waals surface area (Å²) in [6.45, 7) is 4.50. The summed E-state index contributed by atoms with van der Waals surface area (Å²) in [4.78, 5) is 17.5. The van der Waals surface area contributed by atoms with E-state index in [1.165, 1.54) is 26.5 Å². The fourth-order valence-corrected chi connectivity index (χ4v) is 8.69. The van der Waals surface area contributed by atoms with Gasteiger partial charge in [-0.05, 0) is 87.0 Å². The van der Waals surface area contributed by atoms with E-state index in [-0.39, 0.29) is 5.41 Å². The predicted octanol–water partition coefficient (Wildman–Crippen LogP) is 12.5. The van der Waals surface area contributed by atoms with Gasteiger partial charge in [0.15, 0.2) is 17.5 Å². The van der Waals surface area contributed by atoms with Crippen molar-refractivity contribution < 1.29 is 0 Å². The van der Waals surface area contributed by atoms with Crippen LogP contribution in [0.2, 0.25) is 0 Å². The summed E-state index contributed by atoms with van der Waals surface area (Å²) in [5.41, 5.74) is 12.5. The van der Waals surface area contributed by atoms with Gasteiger partial charge in [-0.3, -0.25) is 0 Å².